The number of nitriles is 2. The molecule has 2 N–H and O–H groups in total. The molecule has 0 fully saturated rings. The van der Waals surface area contributed by atoms with Gasteiger partial charge in [-0.3, -0.25) is 0 Å². The zero-order chi connectivity index (χ0) is 19.4. The van der Waals surface area contributed by atoms with Gasteiger partial charge in [-0.05, 0) is 71.2 Å². The Morgan fingerprint density at radius 3 is 2.15 bits per heavy atom. The summed E-state index contributed by atoms with van der Waals surface area (Å²) in [6, 6.07) is 14.9. The lowest BCUT2D eigenvalue weighted by atomic mass is 10.1. The number of halogens is 1. The van der Waals surface area contributed by atoms with Crippen LogP contribution in [0.3, 0.4) is 0 Å². The number of hydrogen-bond donors (Lipinski definition) is 2. The Morgan fingerprint density at radius 1 is 0.889 bits per heavy atom. The monoisotopic (exact) mass is 419 g/mol. The highest BCUT2D eigenvalue weighted by molar-refractivity contribution is 9.10. The first-order chi connectivity index (χ1) is 13.0. The quantitative estimate of drug-likeness (QED) is 0.640. The predicted molar refractivity (Wildman–Crippen MR) is 106 cm³/mol. The zero-order valence-corrected chi connectivity index (χ0v) is 16.2. The van der Waals surface area contributed by atoms with E-state index in [0.29, 0.717) is 11.3 Å². The van der Waals surface area contributed by atoms with Gasteiger partial charge in [0.1, 0.15) is 6.07 Å². The number of nitrogens with zero attached hydrogens (tertiary/aromatic N) is 5. The predicted octanol–water partition coefficient (Wildman–Crippen LogP) is 4.48. The van der Waals surface area contributed by atoms with Crippen LogP contribution in [0, 0.1) is 36.5 Å². The molecule has 0 aliphatic carbocycles. The fourth-order valence-electron chi connectivity index (χ4n) is 2.48. The maximum atomic E-state index is 9.23. The molecule has 1 aromatic heterocycles. The lowest BCUT2D eigenvalue weighted by Gasteiger charge is -2.12. The SMILES string of the molecule is Cc1cc(C)c(Nc2nc(C#N)nc(Nc3ccc(C#N)cc3)n2)c(Br)c1. The molecule has 7 nitrogen and oxygen atoms in total. The summed E-state index contributed by atoms with van der Waals surface area (Å²) in [5, 5.41) is 24.3. The van der Waals surface area contributed by atoms with E-state index in [-0.39, 0.29) is 17.7 Å². The Balaban J connectivity index is 1.92. The molecule has 0 spiro atoms. The summed E-state index contributed by atoms with van der Waals surface area (Å²) in [5.74, 6) is 0.476. The second kappa shape index (κ2) is 7.81. The number of benzene rings is 2. The molecular formula is C19H14BrN7. The second-order valence-electron chi connectivity index (χ2n) is 5.80. The van der Waals surface area contributed by atoms with Crippen molar-refractivity contribution in [2.45, 2.75) is 13.8 Å². The van der Waals surface area contributed by atoms with Gasteiger partial charge in [0.25, 0.3) is 0 Å². The number of aryl methyl sites for hydroxylation is 2. The average molecular weight is 420 g/mol. The highest BCUT2D eigenvalue weighted by atomic mass is 79.9. The maximum Gasteiger partial charge on any atom is 0.238 e. The standard InChI is InChI=1S/C19H14BrN7/c1-11-7-12(2)17(15(20)8-11)26-19-25-16(10-22)24-18(27-19)23-14-5-3-13(9-21)4-6-14/h3-8H,1-2H3,(H2,23,24,25,26,27). The van der Waals surface area contributed by atoms with E-state index >= 15 is 0 Å². The Bertz CT molecular complexity index is 1060. The van der Waals surface area contributed by atoms with Crippen LogP contribution in [0.25, 0.3) is 0 Å². The molecule has 2 aromatic carbocycles. The summed E-state index contributed by atoms with van der Waals surface area (Å²) in [4.78, 5) is 12.5. The van der Waals surface area contributed by atoms with Crippen molar-refractivity contribution in [3.63, 3.8) is 0 Å². The van der Waals surface area contributed by atoms with Crippen molar-refractivity contribution in [2.75, 3.05) is 10.6 Å². The third-order valence-electron chi connectivity index (χ3n) is 3.67. The Morgan fingerprint density at radius 2 is 1.56 bits per heavy atom. The molecule has 3 aromatic rings. The summed E-state index contributed by atoms with van der Waals surface area (Å²) in [5.41, 5.74) is 4.21. The molecule has 1 heterocycles. The van der Waals surface area contributed by atoms with Crippen molar-refractivity contribution < 1.29 is 0 Å². The van der Waals surface area contributed by atoms with Gasteiger partial charge in [0.05, 0.1) is 17.3 Å². The Kier molecular flexibility index (Phi) is 5.30. The number of aromatic nitrogens is 3. The van der Waals surface area contributed by atoms with E-state index in [0.717, 1.165) is 21.3 Å². The molecule has 0 radical (unpaired) electrons. The molecule has 0 amide bonds. The largest absolute Gasteiger partial charge is 0.324 e. The molecule has 0 unspecified atom stereocenters. The Hall–Kier alpha value is -3.49. The highest BCUT2D eigenvalue weighted by Gasteiger charge is 2.11. The van der Waals surface area contributed by atoms with E-state index in [9.17, 15) is 5.26 Å². The minimum absolute atomic E-state index is 0.00969. The van der Waals surface area contributed by atoms with Gasteiger partial charge < -0.3 is 10.6 Å². The normalized spacial score (nSPS) is 9.96. The number of hydrogen-bond acceptors (Lipinski definition) is 7. The van der Waals surface area contributed by atoms with Gasteiger partial charge in [-0.2, -0.15) is 25.5 Å². The molecule has 0 saturated carbocycles. The molecular weight excluding hydrogens is 406 g/mol. The molecule has 0 aliphatic rings. The van der Waals surface area contributed by atoms with E-state index in [2.05, 4.69) is 47.6 Å². The van der Waals surface area contributed by atoms with Crippen molar-refractivity contribution in [3.05, 3.63) is 63.4 Å². The van der Waals surface area contributed by atoms with Gasteiger partial charge in [0.15, 0.2) is 0 Å². The number of rotatable bonds is 4. The van der Waals surface area contributed by atoms with Crippen LogP contribution in [0.15, 0.2) is 40.9 Å². The van der Waals surface area contributed by atoms with Crippen molar-refractivity contribution in [1.29, 1.82) is 10.5 Å². The molecule has 27 heavy (non-hydrogen) atoms. The zero-order valence-electron chi connectivity index (χ0n) is 14.6. The van der Waals surface area contributed by atoms with E-state index in [1.54, 1.807) is 24.3 Å². The summed E-state index contributed by atoms with van der Waals surface area (Å²) >= 11 is 3.54. The first-order valence-electron chi connectivity index (χ1n) is 7.95. The number of anilines is 4. The topological polar surface area (TPSA) is 110 Å². The van der Waals surface area contributed by atoms with Gasteiger partial charge in [0, 0.05) is 10.2 Å². The highest BCUT2D eigenvalue weighted by Crippen LogP contribution is 2.30. The van der Waals surface area contributed by atoms with Crippen molar-refractivity contribution in [1.82, 2.24) is 15.0 Å². The van der Waals surface area contributed by atoms with Crippen LogP contribution in [0.5, 0.6) is 0 Å². The van der Waals surface area contributed by atoms with E-state index < -0.39 is 0 Å². The smallest absolute Gasteiger partial charge is 0.238 e. The van der Waals surface area contributed by atoms with Crippen LogP contribution in [0.2, 0.25) is 0 Å². The maximum absolute atomic E-state index is 9.23. The summed E-state index contributed by atoms with van der Waals surface area (Å²) in [6.07, 6.45) is 0. The van der Waals surface area contributed by atoms with Crippen molar-refractivity contribution in [3.8, 4) is 12.1 Å². The average Bonchev–Trinajstić information content (AvgIpc) is 2.65. The first kappa shape index (κ1) is 18.3. The van der Waals surface area contributed by atoms with Crippen molar-refractivity contribution in [2.24, 2.45) is 0 Å². The van der Waals surface area contributed by atoms with Gasteiger partial charge in [-0.1, -0.05) is 6.07 Å². The first-order valence-corrected chi connectivity index (χ1v) is 8.75. The van der Waals surface area contributed by atoms with Crippen molar-refractivity contribution >= 4 is 39.2 Å². The Labute approximate surface area is 164 Å². The fourth-order valence-corrected chi connectivity index (χ4v) is 3.25. The third-order valence-corrected chi connectivity index (χ3v) is 4.30. The summed E-state index contributed by atoms with van der Waals surface area (Å²) in [7, 11) is 0. The van der Waals surface area contributed by atoms with Gasteiger partial charge in [-0.15, -0.1) is 0 Å². The van der Waals surface area contributed by atoms with E-state index in [1.807, 2.05) is 32.0 Å². The minimum atomic E-state index is -0.00969. The second-order valence-corrected chi connectivity index (χ2v) is 6.65. The van der Waals surface area contributed by atoms with E-state index in [4.69, 9.17) is 5.26 Å². The lowest BCUT2D eigenvalue weighted by molar-refractivity contribution is 1.03. The molecule has 8 heteroatoms. The van der Waals surface area contributed by atoms with Crippen LogP contribution in [-0.2, 0) is 0 Å². The van der Waals surface area contributed by atoms with Gasteiger partial charge in [-0.25, -0.2) is 0 Å². The van der Waals surface area contributed by atoms with Crippen LogP contribution in [0.4, 0.5) is 23.3 Å². The van der Waals surface area contributed by atoms with Crippen LogP contribution in [-0.4, -0.2) is 15.0 Å². The lowest BCUT2D eigenvalue weighted by Crippen LogP contribution is -2.07. The van der Waals surface area contributed by atoms with Gasteiger partial charge in [0.2, 0.25) is 17.7 Å². The minimum Gasteiger partial charge on any atom is -0.324 e. The van der Waals surface area contributed by atoms with E-state index in [1.165, 1.54) is 0 Å². The molecule has 0 saturated heterocycles. The summed E-state index contributed by atoms with van der Waals surface area (Å²) in [6.45, 7) is 3.99. The van der Waals surface area contributed by atoms with Crippen LogP contribution < -0.4 is 10.6 Å². The fraction of sp³-hybridized carbons (Fsp3) is 0.105. The number of nitrogens with one attached hydrogen (secondary N) is 2. The molecule has 132 valence electrons. The van der Waals surface area contributed by atoms with Crippen LogP contribution in [0.1, 0.15) is 22.5 Å². The molecule has 0 bridgehead atoms. The molecule has 0 aliphatic heterocycles. The van der Waals surface area contributed by atoms with Gasteiger partial charge >= 0.3 is 0 Å². The van der Waals surface area contributed by atoms with Crippen LogP contribution >= 0.6 is 15.9 Å². The third kappa shape index (κ3) is 4.38. The molecule has 3 rings (SSSR count). The molecule has 0 atom stereocenters. The summed E-state index contributed by atoms with van der Waals surface area (Å²) < 4.78 is 0.875.